The highest BCUT2D eigenvalue weighted by atomic mass is 35.5. The highest BCUT2D eigenvalue weighted by Crippen LogP contribution is 2.32. The molecule has 11 heteroatoms. The fraction of sp³-hybridized carbons (Fsp3) is 0.370. The number of urea groups is 1. The van der Waals surface area contributed by atoms with Crippen LogP contribution in [0.5, 0.6) is 5.75 Å². The van der Waals surface area contributed by atoms with Crippen LogP contribution in [0.25, 0.3) is 0 Å². The molecule has 2 amide bonds. The number of carbonyl (C=O) groups excluding carboxylic acids is 1. The molecule has 3 aromatic rings. The third-order valence-electron chi connectivity index (χ3n) is 5.62. The summed E-state index contributed by atoms with van der Waals surface area (Å²) in [5.74, 6) is 0.688. The minimum Gasteiger partial charge on any atom is -0.467 e. The number of hydrogen-bond donors (Lipinski definition) is 1. The number of halogens is 2. The molecule has 0 spiro atoms. The van der Waals surface area contributed by atoms with E-state index in [-0.39, 0.29) is 39.8 Å². The number of anilines is 1. The third-order valence-corrected chi connectivity index (χ3v) is 7.59. The lowest BCUT2D eigenvalue weighted by Crippen LogP contribution is -2.48. The molecule has 2 aromatic carbocycles. The van der Waals surface area contributed by atoms with Gasteiger partial charge in [-0.25, -0.2) is 4.79 Å². The van der Waals surface area contributed by atoms with Crippen LogP contribution in [-0.2, 0) is 23.2 Å². The molecule has 0 aliphatic carbocycles. The van der Waals surface area contributed by atoms with E-state index in [1.807, 2.05) is 40.7 Å². The van der Waals surface area contributed by atoms with Crippen LogP contribution in [-0.4, -0.2) is 38.0 Å². The molecule has 1 N–H and O–H groups in total. The molecule has 0 unspecified atom stereocenters. The number of hydrogen-bond acceptors (Lipinski definition) is 6. The van der Waals surface area contributed by atoms with E-state index in [0.29, 0.717) is 24.4 Å². The standard InChI is InChI=1S/C27H33Cl2N3O5S/c1-6-31(7-2)20-11-10-19(17-32(18-21-9-8-14-36-21)26(33)30-27(3,4)5)25(15-20)37-38(34,35)22-12-13-23(28)24(29)16-22/h8-16H,6-7,17-18H2,1-5H3,(H,30,33). The predicted octanol–water partition coefficient (Wildman–Crippen LogP) is 6.71. The molecular weight excluding hydrogens is 549 g/mol. The summed E-state index contributed by atoms with van der Waals surface area (Å²) in [7, 11) is -4.26. The van der Waals surface area contributed by atoms with Crippen molar-refractivity contribution in [1.82, 2.24) is 10.2 Å². The minimum atomic E-state index is -4.26. The lowest BCUT2D eigenvalue weighted by atomic mass is 10.1. The maximum Gasteiger partial charge on any atom is 0.339 e. The van der Waals surface area contributed by atoms with Crippen LogP contribution in [0.4, 0.5) is 10.5 Å². The van der Waals surface area contributed by atoms with E-state index < -0.39 is 15.7 Å². The van der Waals surface area contributed by atoms with Gasteiger partial charge >= 0.3 is 16.1 Å². The molecule has 0 aliphatic rings. The van der Waals surface area contributed by atoms with Crippen molar-refractivity contribution in [3.63, 3.8) is 0 Å². The Labute approximate surface area is 234 Å². The lowest BCUT2D eigenvalue weighted by Gasteiger charge is -2.29. The fourth-order valence-electron chi connectivity index (χ4n) is 3.73. The summed E-state index contributed by atoms with van der Waals surface area (Å²) in [5.41, 5.74) is 0.803. The topological polar surface area (TPSA) is 92.1 Å². The maximum atomic E-state index is 13.3. The van der Waals surface area contributed by atoms with Crippen LogP contribution < -0.4 is 14.4 Å². The van der Waals surface area contributed by atoms with Gasteiger partial charge in [0.2, 0.25) is 0 Å². The lowest BCUT2D eigenvalue weighted by molar-refractivity contribution is 0.178. The summed E-state index contributed by atoms with van der Waals surface area (Å²) in [6.07, 6.45) is 1.53. The Morgan fingerprint density at radius 1 is 1.00 bits per heavy atom. The van der Waals surface area contributed by atoms with Crippen molar-refractivity contribution < 1.29 is 21.8 Å². The molecule has 0 bridgehead atoms. The molecule has 3 rings (SSSR count). The van der Waals surface area contributed by atoms with E-state index in [0.717, 1.165) is 5.69 Å². The van der Waals surface area contributed by atoms with Gasteiger partial charge in [0.1, 0.15) is 16.4 Å². The van der Waals surface area contributed by atoms with Gasteiger partial charge in [-0.3, -0.25) is 0 Å². The van der Waals surface area contributed by atoms with Gasteiger partial charge in [0.05, 0.1) is 29.4 Å². The summed E-state index contributed by atoms with van der Waals surface area (Å²) >= 11 is 12.0. The van der Waals surface area contributed by atoms with E-state index >= 15 is 0 Å². The average molecular weight is 583 g/mol. The monoisotopic (exact) mass is 581 g/mol. The molecular formula is C27H33Cl2N3O5S. The molecule has 0 aliphatic heterocycles. The Bertz CT molecular complexity index is 1350. The van der Waals surface area contributed by atoms with Crippen LogP contribution in [0.15, 0.2) is 64.1 Å². The molecule has 206 valence electrons. The number of carbonyl (C=O) groups is 1. The molecule has 0 atom stereocenters. The van der Waals surface area contributed by atoms with Crippen molar-refractivity contribution in [3.8, 4) is 5.75 Å². The summed E-state index contributed by atoms with van der Waals surface area (Å²) in [4.78, 5) is 16.7. The van der Waals surface area contributed by atoms with Crippen molar-refractivity contribution in [2.24, 2.45) is 0 Å². The maximum absolute atomic E-state index is 13.3. The SMILES string of the molecule is CCN(CC)c1ccc(CN(Cc2ccco2)C(=O)NC(C)(C)C)c(OS(=O)(=O)c2ccc(Cl)c(Cl)c2)c1. The number of amides is 2. The third kappa shape index (κ3) is 7.82. The first kappa shape index (κ1) is 29.7. The second-order valence-electron chi connectivity index (χ2n) is 9.69. The fourth-order valence-corrected chi connectivity index (χ4v) is 5.08. The summed E-state index contributed by atoms with van der Waals surface area (Å²) in [6.45, 7) is 11.3. The number of furan rings is 1. The normalized spacial score (nSPS) is 11.8. The van der Waals surface area contributed by atoms with Crippen molar-refractivity contribution in [2.45, 2.75) is 58.1 Å². The zero-order valence-corrected chi connectivity index (χ0v) is 24.5. The van der Waals surface area contributed by atoms with Gasteiger partial charge in [-0.2, -0.15) is 8.42 Å². The first-order valence-corrected chi connectivity index (χ1v) is 14.4. The Morgan fingerprint density at radius 2 is 1.71 bits per heavy atom. The van der Waals surface area contributed by atoms with Crippen LogP contribution in [0, 0.1) is 0 Å². The molecule has 1 aromatic heterocycles. The number of rotatable bonds is 10. The van der Waals surface area contributed by atoms with E-state index in [2.05, 4.69) is 10.2 Å². The van der Waals surface area contributed by atoms with Crippen molar-refractivity contribution >= 4 is 45.0 Å². The highest BCUT2D eigenvalue weighted by molar-refractivity contribution is 7.87. The second-order valence-corrected chi connectivity index (χ2v) is 12.1. The average Bonchev–Trinajstić information content (AvgIpc) is 3.34. The summed E-state index contributed by atoms with van der Waals surface area (Å²) in [6, 6.07) is 12.5. The van der Waals surface area contributed by atoms with Crippen molar-refractivity contribution in [2.75, 3.05) is 18.0 Å². The molecule has 38 heavy (non-hydrogen) atoms. The molecule has 8 nitrogen and oxygen atoms in total. The largest absolute Gasteiger partial charge is 0.467 e. The van der Waals surface area contributed by atoms with Crippen molar-refractivity contribution in [3.05, 3.63) is 76.2 Å². The van der Waals surface area contributed by atoms with Gasteiger partial charge in [0.15, 0.2) is 0 Å². The van der Waals surface area contributed by atoms with E-state index in [1.54, 1.807) is 24.3 Å². The quantitative estimate of drug-likeness (QED) is 0.267. The number of nitrogens with one attached hydrogen (secondary N) is 1. The smallest absolute Gasteiger partial charge is 0.339 e. The highest BCUT2D eigenvalue weighted by Gasteiger charge is 2.25. The van der Waals surface area contributed by atoms with Gasteiger partial charge in [0, 0.05) is 35.9 Å². The van der Waals surface area contributed by atoms with Gasteiger partial charge in [-0.1, -0.05) is 29.3 Å². The zero-order valence-electron chi connectivity index (χ0n) is 22.1. The van der Waals surface area contributed by atoms with E-state index in [9.17, 15) is 13.2 Å². The summed E-state index contributed by atoms with van der Waals surface area (Å²) < 4.78 is 37.7. The van der Waals surface area contributed by atoms with Crippen LogP contribution in [0.1, 0.15) is 45.9 Å². The van der Waals surface area contributed by atoms with Gasteiger partial charge in [0.25, 0.3) is 0 Å². The van der Waals surface area contributed by atoms with Gasteiger partial charge in [-0.15, -0.1) is 0 Å². The molecule has 0 saturated carbocycles. The van der Waals surface area contributed by atoms with Gasteiger partial charge in [-0.05, 0) is 71.0 Å². The molecule has 1 heterocycles. The molecule has 0 saturated heterocycles. The number of nitrogens with zero attached hydrogens (tertiary/aromatic N) is 2. The Morgan fingerprint density at radius 3 is 2.29 bits per heavy atom. The Balaban J connectivity index is 2.03. The Hall–Kier alpha value is -2.88. The van der Waals surface area contributed by atoms with Crippen molar-refractivity contribution in [1.29, 1.82) is 0 Å². The molecule has 0 radical (unpaired) electrons. The van der Waals surface area contributed by atoms with Crippen LogP contribution >= 0.6 is 23.2 Å². The minimum absolute atomic E-state index is 0.0629. The zero-order chi connectivity index (χ0) is 28.1. The summed E-state index contributed by atoms with van der Waals surface area (Å²) in [5, 5.41) is 3.28. The van der Waals surface area contributed by atoms with Crippen LogP contribution in [0.2, 0.25) is 10.0 Å². The van der Waals surface area contributed by atoms with Gasteiger partial charge < -0.3 is 23.7 Å². The second kappa shape index (κ2) is 12.3. The first-order chi connectivity index (χ1) is 17.8. The Kier molecular flexibility index (Phi) is 9.62. The predicted molar refractivity (Wildman–Crippen MR) is 151 cm³/mol. The van der Waals surface area contributed by atoms with E-state index in [4.69, 9.17) is 31.8 Å². The van der Waals surface area contributed by atoms with Crippen LogP contribution in [0.3, 0.4) is 0 Å². The molecule has 0 fully saturated rings. The first-order valence-electron chi connectivity index (χ1n) is 12.2. The number of benzene rings is 2. The van der Waals surface area contributed by atoms with E-state index in [1.165, 1.54) is 29.4 Å².